The molecule has 0 aliphatic carbocycles. The van der Waals surface area contributed by atoms with Gasteiger partial charge in [-0.1, -0.05) is 17.7 Å². The number of hydrogen-bond donors (Lipinski definition) is 2. The second-order valence-corrected chi connectivity index (χ2v) is 4.22. The van der Waals surface area contributed by atoms with E-state index in [-0.39, 0.29) is 0 Å². The number of carbonyl (C=O) groups is 1. The maximum absolute atomic E-state index is 11.7. The summed E-state index contributed by atoms with van der Waals surface area (Å²) in [4.78, 5) is 22.9. The number of urea groups is 1. The van der Waals surface area contributed by atoms with Crippen LogP contribution in [0.15, 0.2) is 45.6 Å². The fraction of sp³-hybridized carbons (Fsp3) is 0.143. The Morgan fingerprint density at radius 2 is 1.63 bits per heavy atom. The number of carbonyl (C=O) groups excluding carboxylic acids is 1. The topological polar surface area (TPSA) is 71.3 Å². The quantitative estimate of drug-likeness (QED) is 0.870. The lowest BCUT2D eigenvalue weighted by Gasteiger charge is -2.07. The van der Waals surface area contributed by atoms with Crippen LogP contribution < -0.4 is 16.3 Å². The van der Waals surface area contributed by atoms with Gasteiger partial charge in [0.25, 0.3) is 0 Å². The van der Waals surface area contributed by atoms with Crippen molar-refractivity contribution in [3.63, 3.8) is 0 Å². The van der Waals surface area contributed by atoms with Crippen LogP contribution >= 0.6 is 0 Å². The van der Waals surface area contributed by atoms with Crippen LogP contribution in [0.5, 0.6) is 0 Å². The second-order valence-electron chi connectivity index (χ2n) is 4.22. The molecule has 0 bridgehead atoms. The summed E-state index contributed by atoms with van der Waals surface area (Å²) in [5.74, 6) is 0.443. The summed E-state index contributed by atoms with van der Waals surface area (Å²) in [6.45, 7) is 3.61. The summed E-state index contributed by atoms with van der Waals surface area (Å²) in [6.07, 6.45) is 0. The van der Waals surface area contributed by atoms with Gasteiger partial charge in [-0.2, -0.15) is 0 Å². The molecule has 5 heteroatoms. The van der Waals surface area contributed by atoms with Crippen molar-refractivity contribution in [3.8, 4) is 0 Å². The van der Waals surface area contributed by atoms with Crippen LogP contribution in [0.3, 0.4) is 0 Å². The van der Waals surface area contributed by atoms with Crippen LogP contribution in [-0.2, 0) is 0 Å². The van der Waals surface area contributed by atoms with E-state index in [1.807, 2.05) is 19.1 Å². The Kier molecular flexibility index (Phi) is 3.66. The molecule has 2 aromatic rings. The molecule has 1 heterocycles. The zero-order valence-corrected chi connectivity index (χ0v) is 10.7. The Hall–Kier alpha value is -2.56. The van der Waals surface area contributed by atoms with Crippen molar-refractivity contribution in [1.82, 2.24) is 0 Å². The number of nitrogens with one attached hydrogen (secondary N) is 2. The molecule has 0 aliphatic heterocycles. The first kappa shape index (κ1) is 12.9. The minimum atomic E-state index is -0.495. The van der Waals surface area contributed by atoms with E-state index in [9.17, 15) is 9.59 Å². The molecule has 2 amide bonds. The summed E-state index contributed by atoms with van der Waals surface area (Å²) >= 11 is 0. The van der Waals surface area contributed by atoms with Gasteiger partial charge in [0.15, 0.2) is 0 Å². The molecule has 98 valence electrons. The zero-order chi connectivity index (χ0) is 13.8. The third kappa shape index (κ3) is 3.70. The van der Waals surface area contributed by atoms with Crippen LogP contribution in [0.4, 0.5) is 16.2 Å². The molecule has 0 atom stereocenters. The Labute approximate surface area is 110 Å². The van der Waals surface area contributed by atoms with E-state index < -0.39 is 11.7 Å². The van der Waals surface area contributed by atoms with Crippen LogP contribution in [0.25, 0.3) is 0 Å². The molecule has 5 nitrogen and oxygen atoms in total. The molecule has 0 saturated heterocycles. The van der Waals surface area contributed by atoms with Crippen molar-refractivity contribution < 1.29 is 9.21 Å². The van der Waals surface area contributed by atoms with Gasteiger partial charge in [0.1, 0.15) is 5.76 Å². The van der Waals surface area contributed by atoms with Gasteiger partial charge in [-0.15, -0.1) is 0 Å². The predicted octanol–water partition coefficient (Wildman–Crippen LogP) is 2.90. The monoisotopic (exact) mass is 258 g/mol. The molecule has 1 aromatic heterocycles. The van der Waals surface area contributed by atoms with Gasteiger partial charge in [-0.25, -0.2) is 9.59 Å². The lowest BCUT2D eigenvalue weighted by atomic mass is 10.2. The zero-order valence-electron chi connectivity index (χ0n) is 10.7. The van der Waals surface area contributed by atoms with E-state index in [0.717, 1.165) is 5.56 Å². The molecule has 0 aliphatic rings. The minimum Gasteiger partial charge on any atom is -0.428 e. The van der Waals surface area contributed by atoms with Gasteiger partial charge in [-0.3, -0.25) is 0 Å². The van der Waals surface area contributed by atoms with Gasteiger partial charge in [0.2, 0.25) is 0 Å². The van der Waals surface area contributed by atoms with Gasteiger partial charge < -0.3 is 15.1 Å². The average Bonchev–Trinajstić information content (AvgIpc) is 2.30. The van der Waals surface area contributed by atoms with Crippen LogP contribution in [0.2, 0.25) is 0 Å². The van der Waals surface area contributed by atoms with Crippen molar-refractivity contribution in [1.29, 1.82) is 0 Å². The van der Waals surface area contributed by atoms with E-state index in [4.69, 9.17) is 4.42 Å². The normalized spacial score (nSPS) is 10.0. The molecule has 0 fully saturated rings. The first-order valence-corrected chi connectivity index (χ1v) is 5.79. The molecule has 2 N–H and O–H groups in total. The number of hydrogen-bond acceptors (Lipinski definition) is 3. The Balaban J connectivity index is 2.05. The number of aryl methyl sites for hydroxylation is 2. The Bertz CT molecular complexity index is 644. The highest BCUT2D eigenvalue weighted by Gasteiger charge is 2.04. The molecular weight excluding hydrogens is 244 g/mol. The molecular formula is C14H14N2O3. The van der Waals surface area contributed by atoms with Gasteiger partial charge in [0, 0.05) is 17.8 Å². The number of rotatable bonds is 2. The highest BCUT2D eigenvalue weighted by atomic mass is 16.4. The number of anilines is 2. The second kappa shape index (κ2) is 5.39. The van der Waals surface area contributed by atoms with E-state index in [0.29, 0.717) is 17.1 Å². The summed E-state index contributed by atoms with van der Waals surface area (Å²) in [5.41, 5.74) is 1.70. The van der Waals surface area contributed by atoms with Crippen molar-refractivity contribution in [2.24, 2.45) is 0 Å². The first-order chi connectivity index (χ1) is 9.02. The van der Waals surface area contributed by atoms with E-state index >= 15 is 0 Å². The maximum Gasteiger partial charge on any atom is 0.337 e. The smallest absolute Gasteiger partial charge is 0.337 e. The van der Waals surface area contributed by atoms with Gasteiger partial charge in [-0.05, 0) is 26.0 Å². The maximum atomic E-state index is 11.7. The third-order valence-electron chi connectivity index (χ3n) is 2.46. The molecule has 19 heavy (non-hydrogen) atoms. The van der Waals surface area contributed by atoms with Gasteiger partial charge >= 0.3 is 11.7 Å². The Morgan fingerprint density at radius 3 is 2.26 bits per heavy atom. The molecule has 0 radical (unpaired) electrons. The van der Waals surface area contributed by atoms with Crippen molar-refractivity contribution >= 4 is 17.4 Å². The first-order valence-electron chi connectivity index (χ1n) is 5.79. The summed E-state index contributed by atoms with van der Waals surface area (Å²) in [5, 5.41) is 5.25. The molecule has 1 aromatic carbocycles. The van der Waals surface area contributed by atoms with Crippen LogP contribution in [0, 0.1) is 13.8 Å². The number of amides is 2. The van der Waals surface area contributed by atoms with Gasteiger partial charge in [0.05, 0.1) is 5.69 Å². The van der Waals surface area contributed by atoms with Crippen molar-refractivity contribution in [3.05, 3.63) is 58.1 Å². The fourth-order valence-corrected chi connectivity index (χ4v) is 1.61. The van der Waals surface area contributed by atoms with Crippen molar-refractivity contribution in [2.45, 2.75) is 13.8 Å². The average molecular weight is 258 g/mol. The van der Waals surface area contributed by atoms with Crippen LogP contribution in [0.1, 0.15) is 11.3 Å². The largest absolute Gasteiger partial charge is 0.428 e. The SMILES string of the molecule is Cc1ccc(NC(=O)Nc2cc(C)oc(=O)c2)cc1. The van der Waals surface area contributed by atoms with E-state index in [2.05, 4.69) is 10.6 Å². The minimum absolute atomic E-state index is 0.401. The summed E-state index contributed by atoms with van der Waals surface area (Å²) in [7, 11) is 0. The molecule has 0 unspecified atom stereocenters. The standard InChI is InChI=1S/C14H14N2O3/c1-9-3-5-11(6-4-9)15-14(18)16-12-7-10(2)19-13(17)8-12/h3-8H,1-2H3,(H2,15,16,18). The fourth-order valence-electron chi connectivity index (χ4n) is 1.61. The highest BCUT2D eigenvalue weighted by molar-refractivity contribution is 5.99. The van der Waals surface area contributed by atoms with E-state index in [1.54, 1.807) is 25.1 Å². The lowest BCUT2D eigenvalue weighted by molar-refractivity contribution is 0.262. The highest BCUT2D eigenvalue weighted by Crippen LogP contribution is 2.10. The summed E-state index contributed by atoms with van der Waals surface area (Å²) in [6, 6.07) is 9.80. The molecule has 2 rings (SSSR count). The Morgan fingerprint density at radius 1 is 1.00 bits per heavy atom. The molecule has 0 saturated carbocycles. The summed E-state index contributed by atoms with van der Waals surface area (Å²) < 4.78 is 4.80. The third-order valence-corrected chi connectivity index (χ3v) is 2.46. The lowest BCUT2D eigenvalue weighted by Crippen LogP contribution is -2.20. The van der Waals surface area contributed by atoms with E-state index in [1.165, 1.54) is 6.07 Å². The number of benzene rings is 1. The molecule has 0 spiro atoms. The van der Waals surface area contributed by atoms with Crippen molar-refractivity contribution in [2.75, 3.05) is 10.6 Å². The predicted molar refractivity (Wildman–Crippen MR) is 73.5 cm³/mol. The van der Waals surface area contributed by atoms with Crippen LogP contribution in [-0.4, -0.2) is 6.03 Å².